The minimum atomic E-state index is -1.03. The van der Waals surface area contributed by atoms with E-state index in [-0.39, 0.29) is 6.61 Å². The van der Waals surface area contributed by atoms with E-state index in [1.54, 1.807) is 6.07 Å². The van der Waals surface area contributed by atoms with Gasteiger partial charge in [-0.25, -0.2) is 4.79 Å². The molecular weight excluding hydrogens is 342 g/mol. The predicted molar refractivity (Wildman–Crippen MR) is 108 cm³/mol. The van der Waals surface area contributed by atoms with Crippen molar-refractivity contribution in [2.45, 2.75) is 83.3 Å². The zero-order chi connectivity index (χ0) is 19.5. The molecule has 0 spiro atoms. The summed E-state index contributed by atoms with van der Waals surface area (Å²) in [5.74, 6) is -0.473. The highest BCUT2D eigenvalue weighted by atomic mass is 16.5. The lowest BCUT2D eigenvalue weighted by molar-refractivity contribution is 0.00933. The molecule has 27 heavy (non-hydrogen) atoms. The molecule has 0 radical (unpaired) electrons. The summed E-state index contributed by atoms with van der Waals surface area (Å²) >= 11 is 0. The van der Waals surface area contributed by atoms with Gasteiger partial charge in [0, 0.05) is 11.7 Å². The molecule has 5 nitrogen and oxygen atoms in total. The molecule has 0 amide bonds. The van der Waals surface area contributed by atoms with E-state index >= 15 is 0 Å². The SMILES string of the molecule is CCCCCCCCCC[C@@H]1Cc2ccc(C(=O)OC[C@H](O)CO)cc2N1. The first-order valence-electron chi connectivity index (χ1n) is 10.5. The van der Waals surface area contributed by atoms with Crippen LogP contribution in [0.15, 0.2) is 18.2 Å². The lowest BCUT2D eigenvalue weighted by atomic mass is 10.0. The molecule has 152 valence electrons. The summed E-state index contributed by atoms with van der Waals surface area (Å²) in [5.41, 5.74) is 2.72. The van der Waals surface area contributed by atoms with Crippen LogP contribution in [-0.2, 0) is 11.2 Å². The first kappa shape index (κ1) is 21.7. The maximum Gasteiger partial charge on any atom is 0.338 e. The van der Waals surface area contributed by atoms with Crippen LogP contribution in [0.3, 0.4) is 0 Å². The number of hydrogen-bond donors (Lipinski definition) is 3. The third-order valence-corrected chi connectivity index (χ3v) is 5.20. The highest BCUT2D eigenvalue weighted by Crippen LogP contribution is 2.29. The van der Waals surface area contributed by atoms with Crippen molar-refractivity contribution in [1.82, 2.24) is 0 Å². The largest absolute Gasteiger partial charge is 0.459 e. The van der Waals surface area contributed by atoms with Crippen LogP contribution in [0, 0.1) is 0 Å². The summed E-state index contributed by atoms with van der Waals surface area (Å²) in [6.45, 7) is 1.64. The topological polar surface area (TPSA) is 78.8 Å². The Bertz CT molecular complexity index is 575. The lowest BCUT2D eigenvalue weighted by Gasteiger charge is -2.11. The number of nitrogens with one attached hydrogen (secondary N) is 1. The van der Waals surface area contributed by atoms with Crippen LogP contribution >= 0.6 is 0 Å². The van der Waals surface area contributed by atoms with Gasteiger partial charge >= 0.3 is 5.97 Å². The minimum Gasteiger partial charge on any atom is -0.459 e. The highest BCUT2D eigenvalue weighted by Gasteiger charge is 2.22. The van der Waals surface area contributed by atoms with Crippen LogP contribution in [-0.4, -0.2) is 41.5 Å². The summed E-state index contributed by atoms with van der Waals surface area (Å²) in [6, 6.07) is 6.03. The second kappa shape index (κ2) is 12.0. The second-order valence-corrected chi connectivity index (χ2v) is 7.62. The number of anilines is 1. The fourth-order valence-electron chi connectivity index (χ4n) is 3.56. The van der Waals surface area contributed by atoms with E-state index in [1.165, 1.54) is 56.9 Å². The summed E-state index contributed by atoms with van der Waals surface area (Å²) in [5, 5.41) is 21.6. The molecule has 0 unspecified atom stereocenters. The number of benzene rings is 1. The van der Waals surface area contributed by atoms with Crippen LogP contribution in [0.4, 0.5) is 5.69 Å². The van der Waals surface area contributed by atoms with Crippen molar-refractivity contribution in [1.29, 1.82) is 0 Å². The molecule has 0 bridgehead atoms. The van der Waals surface area contributed by atoms with Gasteiger partial charge in [0.05, 0.1) is 12.2 Å². The molecular formula is C22H35NO4. The van der Waals surface area contributed by atoms with Gasteiger partial charge < -0.3 is 20.3 Å². The van der Waals surface area contributed by atoms with Gasteiger partial charge in [-0.2, -0.15) is 0 Å². The molecule has 3 N–H and O–H groups in total. The van der Waals surface area contributed by atoms with E-state index in [0.29, 0.717) is 11.6 Å². The zero-order valence-corrected chi connectivity index (χ0v) is 16.6. The van der Waals surface area contributed by atoms with Crippen molar-refractivity contribution in [2.24, 2.45) is 0 Å². The number of hydrogen-bond acceptors (Lipinski definition) is 5. The summed E-state index contributed by atoms with van der Waals surface area (Å²) in [7, 11) is 0. The Morgan fingerprint density at radius 2 is 1.89 bits per heavy atom. The predicted octanol–water partition coefficient (Wildman–Crippen LogP) is 4.06. The summed E-state index contributed by atoms with van der Waals surface area (Å²) < 4.78 is 5.02. The molecule has 1 aromatic rings. The molecule has 0 saturated heterocycles. The van der Waals surface area contributed by atoms with Gasteiger partial charge in [0.2, 0.25) is 0 Å². The number of aliphatic hydroxyl groups is 2. The second-order valence-electron chi connectivity index (χ2n) is 7.62. The zero-order valence-electron chi connectivity index (χ0n) is 16.6. The number of carbonyl (C=O) groups is 1. The van der Waals surface area contributed by atoms with E-state index in [1.807, 2.05) is 12.1 Å². The average molecular weight is 378 g/mol. The normalized spacial score (nSPS) is 16.6. The van der Waals surface area contributed by atoms with Crippen molar-refractivity contribution >= 4 is 11.7 Å². The molecule has 0 aliphatic carbocycles. The fourth-order valence-corrected chi connectivity index (χ4v) is 3.56. The molecule has 1 heterocycles. The van der Waals surface area contributed by atoms with Gasteiger partial charge in [0.25, 0.3) is 0 Å². The smallest absolute Gasteiger partial charge is 0.338 e. The fraction of sp³-hybridized carbons (Fsp3) is 0.682. The van der Waals surface area contributed by atoms with Crippen molar-refractivity contribution in [3.8, 4) is 0 Å². The van der Waals surface area contributed by atoms with Gasteiger partial charge in [-0.05, 0) is 30.5 Å². The number of aliphatic hydroxyl groups excluding tert-OH is 2. The number of ether oxygens (including phenoxy) is 1. The summed E-state index contributed by atoms with van der Waals surface area (Å²) in [6.07, 6.45) is 11.8. The number of unbranched alkanes of at least 4 members (excludes halogenated alkanes) is 7. The molecule has 0 saturated carbocycles. The van der Waals surface area contributed by atoms with Crippen LogP contribution in [0.5, 0.6) is 0 Å². The Morgan fingerprint density at radius 3 is 2.59 bits per heavy atom. The van der Waals surface area contributed by atoms with Crippen molar-refractivity contribution < 1.29 is 19.7 Å². The number of carbonyl (C=O) groups excluding carboxylic acids is 1. The summed E-state index contributed by atoms with van der Waals surface area (Å²) in [4.78, 5) is 12.0. The van der Waals surface area contributed by atoms with E-state index in [9.17, 15) is 9.90 Å². The van der Waals surface area contributed by atoms with E-state index in [4.69, 9.17) is 9.84 Å². The standard InChI is InChI=1S/C22H35NO4/c1-2-3-4-5-6-7-8-9-10-19-13-17-11-12-18(14-21(17)23-19)22(26)27-16-20(25)15-24/h11-12,14,19-20,23-25H,2-10,13,15-16H2,1H3/t19-,20-/m1/s1. The Labute approximate surface area is 163 Å². The van der Waals surface area contributed by atoms with Gasteiger partial charge in [-0.15, -0.1) is 0 Å². The van der Waals surface area contributed by atoms with Gasteiger partial charge in [0.15, 0.2) is 0 Å². The quantitative estimate of drug-likeness (QED) is 0.357. The molecule has 5 heteroatoms. The molecule has 0 aromatic heterocycles. The average Bonchev–Trinajstić information content (AvgIpc) is 3.09. The number of esters is 1. The monoisotopic (exact) mass is 377 g/mol. The van der Waals surface area contributed by atoms with E-state index < -0.39 is 18.7 Å². The number of fused-ring (bicyclic) bond motifs is 1. The third kappa shape index (κ3) is 7.51. The van der Waals surface area contributed by atoms with Crippen molar-refractivity contribution in [3.05, 3.63) is 29.3 Å². The Morgan fingerprint density at radius 1 is 1.19 bits per heavy atom. The van der Waals surface area contributed by atoms with E-state index in [0.717, 1.165) is 18.5 Å². The van der Waals surface area contributed by atoms with Crippen molar-refractivity contribution in [3.63, 3.8) is 0 Å². The van der Waals surface area contributed by atoms with Gasteiger partial charge in [0.1, 0.15) is 12.7 Å². The molecule has 2 atom stereocenters. The molecule has 1 aliphatic heterocycles. The Balaban J connectivity index is 1.68. The van der Waals surface area contributed by atoms with Crippen LogP contribution in [0.25, 0.3) is 0 Å². The molecule has 1 aliphatic rings. The van der Waals surface area contributed by atoms with Crippen LogP contribution < -0.4 is 5.32 Å². The maximum atomic E-state index is 12.0. The molecule has 1 aromatic carbocycles. The minimum absolute atomic E-state index is 0.194. The van der Waals surface area contributed by atoms with E-state index in [2.05, 4.69) is 12.2 Å². The first-order valence-corrected chi connectivity index (χ1v) is 10.5. The highest BCUT2D eigenvalue weighted by molar-refractivity contribution is 5.91. The lowest BCUT2D eigenvalue weighted by Crippen LogP contribution is -2.22. The first-order chi connectivity index (χ1) is 13.1. The molecule has 2 rings (SSSR count). The van der Waals surface area contributed by atoms with Crippen LogP contribution in [0.1, 0.15) is 80.6 Å². The Kier molecular flexibility index (Phi) is 9.64. The van der Waals surface area contributed by atoms with Crippen LogP contribution in [0.2, 0.25) is 0 Å². The number of rotatable bonds is 13. The van der Waals surface area contributed by atoms with Gasteiger partial charge in [-0.1, -0.05) is 64.4 Å². The molecule has 0 fully saturated rings. The third-order valence-electron chi connectivity index (χ3n) is 5.20. The Hall–Kier alpha value is -1.59. The van der Waals surface area contributed by atoms with Gasteiger partial charge in [-0.3, -0.25) is 0 Å². The van der Waals surface area contributed by atoms with Crippen molar-refractivity contribution in [2.75, 3.05) is 18.5 Å². The maximum absolute atomic E-state index is 12.0.